The molecule has 2 aliphatic rings. The molecule has 1 aromatic rings. The van der Waals surface area contributed by atoms with Crippen LogP contribution in [0.25, 0.3) is 0 Å². The molecule has 7 nitrogen and oxygen atoms in total. The van der Waals surface area contributed by atoms with Crippen LogP contribution in [-0.4, -0.2) is 65.6 Å². The van der Waals surface area contributed by atoms with E-state index >= 15 is 0 Å². The maximum absolute atomic E-state index is 12.7. The van der Waals surface area contributed by atoms with E-state index in [1.807, 2.05) is 0 Å². The zero-order chi connectivity index (χ0) is 19.8. The molecule has 0 unspecified atom stereocenters. The summed E-state index contributed by atoms with van der Waals surface area (Å²) in [5.74, 6) is -0.114. The highest BCUT2D eigenvalue weighted by Gasteiger charge is 2.33. The zero-order valence-electron chi connectivity index (χ0n) is 14.5. The summed E-state index contributed by atoms with van der Waals surface area (Å²) < 4.78 is 38.2. The molecule has 3 heterocycles. The van der Waals surface area contributed by atoms with Gasteiger partial charge in [0, 0.05) is 52.3 Å². The average molecular weight is 404 g/mol. The van der Waals surface area contributed by atoms with Crippen LogP contribution in [0.3, 0.4) is 0 Å². The second-order valence-electron chi connectivity index (χ2n) is 6.27. The van der Waals surface area contributed by atoms with Crippen molar-refractivity contribution in [2.45, 2.75) is 19.0 Å². The fourth-order valence-electron chi connectivity index (χ4n) is 2.95. The number of amides is 2. The van der Waals surface area contributed by atoms with Gasteiger partial charge in [-0.25, -0.2) is 9.99 Å². The van der Waals surface area contributed by atoms with Crippen molar-refractivity contribution in [3.05, 3.63) is 22.8 Å². The van der Waals surface area contributed by atoms with Gasteiger partial charge in [-0.3, -0.25) is 9.59 Å². The van der Waals surface area contributed by atoms with E-state index < -0.39 is 11.7 Å². The number of aromatic nitrogens is 1. The fourth-order valence-corrected chi connectivity index (χ4v) is 3.23. The molecule has 3 rings (SSSR count). The van der Waals surface area contributed by atoms with E-state index in [0.717, 1.165) is 12.3 Å². The Morgan fingerprint density at radius 1 is 1.19 bits per heavy atom. The Bertz CT molecular complexity index is 791. The van der Waals surface area contributed by atoms with Crippen LogP contribution in [0.1, 0.15) is 18.4 Å². The summed E-state index contributed by atoms with van der Waals surface area (Å²) in [4.78, 5) is 31.2. The standard InChI is InChI=1S/C16H17ClF3N5O2/c1-23-13(26)3-2-12(22-23)15(27)25-6-4-24(5-7-25)14-11(17)8-10(9-21-14)16(18,19)20/h8-9H,2-7H2,1H3. The molecule has 146 valence electrons. The highest BCUT2D eigenvalue weighted by atomic mass is 35.5. The molecule has 0 spiro atoms. The van der Waals surface area contributed by atoms with E-state index in [1.165, 1.54) is 12.1 Å². The van der Waals surface area contributed by atoms with E-state index in [2.05, 4.69) is 10.1 Å². The molecule has 0 N–H and O–H groups in total. The number of pyridine rings is 1. The van der Waals surface area contributed by atoms with Gasteiger partial charge in [0.2, 0.25) is 5.91 Å². The topological polar surface area (TPSA) is 69.1 Å². The summed E-state index contributed by atoms with van der Waals surface area (Å²) in [5, 5.41) is 5.10. The first-order valence-corrected chi connectivity index (χ1v) is 8.65. The third kappa shape index (κ3) is 4.15. The molecule has 27 heavy (non-hydrogen) atoms. The van der Waals surface area contributed by atoms with E-state index in [0.29, 0.717) is 38.3 Å². The average Bonchev–Trinajstić information content (AvgIpc) is 2.63. The molecule has 1 saturated heterocycles. The van der Waals surface area contributed by atoms with Crippen molar-refractivity contribution < 1.29 is 22.8 Å². The lowest BCUT2D eigenvalue weighted by Gasteiger charge is -2.36. The second-order valence-corrected chi connectivity index (χ2v) is 6.68. The Hall–Kier alpha value is -2.36. The summed E-state index contributed by atoms with van der Waals surface area (Å²) in [6.07, 6.45) is -3.21. The SMILES string of the molecule is CN1N=C(C(=O)N2CCN(c3ncc(C(F)(F)F)cc3Cl)CC2)CCC1=O. The van der Waals surface area contributed by atoms with Gasteiger partial charge in [-0.15, -0.1) is 0 Å². The Morgan fingerprint density at radius 3 is 2.41 bits per heavy atom. The molecule has 2 aliphatic heterocycles. The molecule has 1 fully saturated rings. The number of anilines is 1. The van der Waals surface area contributed by atoms with Crippen LogP contribution in [0.15, 0.2) is 17.4 Å². The fraction of sp³-hybridized carbons (Fsp3) is 0.500. The highest BCUT2D eigenvalue weighted by Crippen LogP contribution is 2.33. The summed E-state index contributed by atoms with van der Waals surface area (Å²) in [6.45, 7) is 1.47. The maximum Gasteiger partial charge on any atom is 0.417 e. The van der Waals surface area contributed by atoms with Gasteiger partial charge < -0.3 is 9.80 Å². The van der Waals surface area contributed by atoms with Crippen molar-refractivity contribution in [2.24, 2.45) is 5.10 Å². The lowest BCUT2D eigenvalue weighted by Crippen LogP contribution is -2.51. The van der Waals surface area contributed by atoms with Crippen LogP contribution >= 0.6 is 11.6 Å². The lowest BCUT2D eigenvalue weighted by atomic mass is 10.1. The van der Waals surface area contributed by atoms with Gasteiger partial charge in [0.15, 0.2) is 0 Å². The number of hydrogen-bond donors (Lipinski definition) is 0. The zero-order valence-corrected chi connectivity index (χ0v) is 15.2. The summed E-state index contributed by atoms with van der Waals surface area (Å²) in [6, 6.07) is 0.852. The van der Waals surface area contributed by atoms with Crippen molar-refractivity contribution >= 4 is 34.9 Å². The van der Waals surface area contributed by atoms with Crippen LogP contribution in [0, 0.1) is 0 Å². The minimum atomic E-state index is -4.50. The minimum absolute atomic E-state index is 0.0820. The van der Waals surface area contributed by atoms with Gasteiger partial charge in [-0.2, -0.15) is 18.3 Å². The third-order valence-corrected chi connectivity index (χ3v) is 4.75. The molecule has 0 radical (unpaired) electrons. The number of halogens is 4. The van der Waals surface area contributed by atoms with E-state index in [1.54, 1.807) is 9.80 Å². The molecule has 1 aromatic heterocycles. The van der Waals surface area contributed by atoms with Gasteiger partial charge in [-0.05, 0) is 6.07 Å². The second kappa shape index (κ2) is 7.34. The first-order chi connectivity index (χ1) is 12.7. The predicted octanol–water partition coefficient (Wildman–Crippen LogP) is 2.01. The van der Waals surface area contributed by atoms with Crippen LogP contribution in [0.2, 0.25) is 5.02 Å². The van der Waals surface area contributed by atoms with Crippen molar-refractivity contribution in [1.82, 2.24) is 14.9 Å². The van der Waals surface area contributed by atoms with E-state index in [4.69, 9.17) is 11.6 Å². The molecule has 2 amide bonds. The van der Waals surface area contributed by atoms with Gasteiger partial charge in [0.25, 0.3) is 5.91 Å². The summed E-state index contributed by atoms with van der Waals surface area (Å²) >= 11 is 5.98. The number of carbonyl (C=O) groups excluding carboxylic acids is 2. The number of alkyl halides is 3. The van der Waals surface area contributed by atoms with Crippen molar-refractivity contribution in [3.63, 3.8) is 0 Å². The minimum Gasteiger partial charge on any atom is -0.352 e. The maximum atomic E-state index is 12.7. The van der Waals surface area contributed by atoms with Gasteiger partial charge in [-0.1, -0.05) is 11.6 Å². The molecular weight excluding hydrogens is 387 g/mol. The van der Waals surface area contributed by atoms with Gasteiger partial charge >= 0.3 is 6.18 Å². The number of piperazine rings is 1. The Labute approximate surface area is 158 Å². The Morgan fingerprint density at radius 2 is 1.85 bits per heavy atom. The quantitative estimate of drug-likeness (QED) is 0.757. The Balaban J connectivity index is 1.65. The van der Waals surface area contributed by atoms with Crippen molar-refractivity contribution in [1.29, 1.82) is 0 Å². The molecular formula is C16H17ClF3N5O2. The van der Waals surface area contributed by atoms with Crippen molar-refractivity contribution in [3.8, 4) is 0 Å². The van der Waals surface area contributed by atoms with Crippen LogP contribution in [0.4, 0.5) is 19.0 Å². The summed E-state index contributed by atoms with van der Waals surface area (Å²) in [5.41, 5.74) is -0.574. The summed E-state index contributed by atoms with van der Waals surface area (Å²) in [7, 11) is 1.50. The predicted molar refractivity (Wildman–Crippen MR) is 92.5 cm³/mol. The van der Waals surface area contributed by atoms with Crippen LogP contribution in [0.5, 0.6) is 0 Å². The number of hydrogen-bond acceptors (Lipinski definition) is 5. The van der Waals surface area contributed by atoms with Crippen LogP contribution in [-0.2, 0) is 15.8 Å². The molecule has 0 bridgehead atoms. The molecule has 0 aliphatic carbocycles. The first kappa shape index (κ1) is 19.4. The Kier molecular flexibility index (Phi) is 5.27. The first-order valence-electron chi connectivity index (χ1n) is 8.28. The molecule has 11 heteroatoms. The van der Waals surface area contributed by atoms with Gasteiger partial charge in [0.1, 0.15) is 11.5 Å². The largest absolute Gasteiger partial charge is 0.417 e. The number of carbonyl (C=O) groups is 2. The number of nitrogens with zero attached hydrogens (tertiary/aromatic N) is 5. The smallest absolute Gasteiger partial charge is 0.352 e. The molecule has 0 atom stereocenters. The van der Waals surface area contributed by atoms with E-state index in [9.17, 15) is 22.8 Å². The van der Waals surface area contributed by atoms with Gasteiger partial charge in [0.05, 0.1) is 10.6 Å². The van der Waals surface area contributed by atoms with E-state index in [-0.39, 0.29) is 29.1 Å². The number of rotatable bonds is 2. The normalized spacial score (nSPS) is 18.6. The molecule has 0 aromatic carbocycles. The number of hydrazone groups is 1. The lowest BCUT2D eigenvalue weighted by molar-refractivity contribution is -0.138. The van der Waals surface area contributed by atoms with Crippen LogP contribution < -0.4 is 4.90 Å². The monoisotopic (exact) mass is 403 g/mol. The third-order valence-electron chi connectivity index (χ3n) is 4.47. The highest BCUT2D eigenvalue weighted by molar-refractivity contribution is 6.39. The molecule has 0 saturated carbocycles. The van der Waals surface area contributed by atoms with Crippen molar-refractivity contribution in [2.75, 3.05) is 38.1 Å².